The van der Waals surface area contributed by atoms with E-state index in [2.05, 4.69) is 17.2 Å². The zero-order chi connectivity index (χ0) is 14.4. The van der Waals surface area contributed by atoms with E-state index in [1.807, 2.05) is 31.3 Å². The summed E-state index contributed by atoms with van der Waals surface area (Å²) in [5, 5.41) is 4.37. The highest BCUT2D eigenvalue weighted by atomic mass is 32.1. The number of nitrogens with zero attached hydrogens (tertiary/aromatic N) is 1. The Hall–Kier alpha value is -1.59. The van der Waals surface area contributed by atoms with Crippen LogP contribution in [-0.4, -0.2) is 18.6 Å². The molecule has 0 aliphatic heterocycles. The molecule has 0 spiro atoms. The molecule has 0 saturated heterocycles. The van der Waals surface area contributed by atoms with Crippen LogP contribution in [0.3, 0.4) is 0 Å². The van der Waals surface area contributed by atoms with Crippen molar-refractivity contribution in [1.29, 1.82) is 0 Å². The summed E-state index contributed by atoms with van der Waals surface area (Å²) in [5.74, 6) is 1.73. The highest BCUT2D eigenvalue weighted by Gasteiger charge is 2.07. The number of thiazole rings is 1. The van der Waals surface area contributed by atoms with Gasteiger partial charge in [0.25, 0.3) is 0 Å². The first-order valence-electron chi connectivity index (χ1n) is 6.64. The molecule has 1 heterocycles. The van der Waals surface area contributed by atoms with Gasteiger partial charge in [0.05, 0.1) is 17.0 Å². The zero-order valence-corrected chi connectivity index (χ0v) is 12.9. The van der Waals surface area contributed by atoms with Crippen LogP contribution in [0.25, 0.3) is 0 Å². The van der Waals surface area contributed by atoms with Crippen molar-refractivity contribution in [1.82, 2.24) is 10.3 Å². The van der Waals surface area contributed by atoms with Gasteiger partial charge in [0.2, 0.25) is 0 Å². The molecule has 2 aromatic rings. The minimum atomic E-state index is 0.553. The van der Waals surface area contributed by atoms with Crippen LogP contribution in [0.1, 0.15) is 22.4 Å². The molecule has 1 N–H and O–H groups in total. The van der Waals surface area contributed by atoms with Crippen LogP contribution < -0.4 is 14.8 Å². The van der Waals surface area contributed by atoms with E-state index >= 15 is 0 Å². The molecular formula is C15H20N2O2S. The van der Waals surface area contributed by atoms with Gasteiger partial charge in [-0.05, 0) is 31.7 Å². The lowest BCUT2D eigenvalue weighted by Crippen LogP contribution is -2.13. The Balaban J connectivity index is 2.08. The summed E-state index contributed by atoms with van der Waals surface area (Å²) >= 11 is 1.66. The molecule has 4 nitrogen and oxygen atoms in total. The Bertz CT molecular complexity index is 555. The van der Waals surface area contributed by atoms with Crippen LogP contribution in [-0.2, 0) is 13.2 Å². The SMILES string of the molecule is CCNCc1cc(OC)ccc1OCc1cnc(C)s1. The smallest absolute Gasteiger partial charge is 0.124 e. The lowest BCUT2D eigenvalue weighted by molar-refractivity contribution is 0.304. The maximum absolute atomic E-state index is 5.91. The maximum Gasteiger partial charge on any atom is 0.124 e. The van der Waals surface area contributed by atoms with Crippen LogP contribution in [0.4, 0.5) is 0 Å². The molecule has 1 aromatic heterocycles. The van der Waals surface area contributed by atoms with Gasteiger partial charge in [-0.2, -0.15) is 0 Å². The van der Waals surface area contributed by atoms with E-state index in [0.29, 0.717) is 6.61 Å². The normalized spacial score (nSPS) is 10.6. The van der Waals surface area contributed by atoms with Gasteiger partial charge in [-0.15, -0.1) is 11.3 Å². The summed E-state index contributed by atoms with van der Waals surface area (Å²) in [5.41, 5.74) is 1.10. The molecule has 0 unspecified atom stereocenters. The van der Waals surface area contributed by atoms with Crippen molar-refractivity contribution in [3.63, 3.8) is 0 Å². The first-order valence-corrected chi connectivity index (χ1v) is 7.46. The number of ether oxygens (including phenoxy) is 2. The number of methoxy groups -OCH3 is 1. The number of benzene rings is 1. The fourth-order valence-corrected chi connectivity index (χ4v) is 2.55. The first-order chi connectivity index (χ1) is 9.72. The van der Waals surface area contributed by atoms with E-state index < -0.39 is 0 Å². The number of aryl methyl sites for hydroxylation is 1. The van der Waals surface area contributed by atoms with Crippen LogP contribution in [0.2, 0.25) is 0 Å². The van der Waals surface area contributed by atoms with Gasteiger partial charge >= 0.3 is 0 Å². The van der Waals surface area contributed by atoms with Crippen molar-refractivity contribution in [3.05, 3.63) is 39.8 Å². The fraction of sp³-hybridized carbons (Fsp3) is 0.400. The molecule has 0 aliphatic carbocycles. The van der Waals surface area contributed by atoms with Crippen molar-refractivity contribution in [2.45, 2.75) is 27.0 Å². The Kier molecular flexibility index (Phi) is 5.38. The Labute approximate surface area is 123 Å². The molecule has 108 valence electrons. The van der Waals surface area contributed by atoms with E-state index in [9.17, 15) is 0 Å². The van der Waals surface area contributed by atoms with Crippen molar-refractivity contribution < 1.29 is 9.47 Å². The molecular weight excluding hydrogens is 272 g/mol. The average Bonchev–Trinajstić information content (AvgIpc) is 2.89. The second-order valence-corrected chi connectivity index (χ2v) is 5.71. The third-order valence-electron chi connectivity index (χ3n) is 2.87. The molecule has 0 bridgehead atoms. The molecule has 2 rings (SSSR count). The number of hydrogen-bond donors (Lipinski definition) is 1. The minimum absolute atomic E-state index is 0.553. The average molecular weight is 292 g/mol. The molecule has 0 aliphatic rings. The summed E-state index contributed by atoms with van der Waals surface area (Å²) in [7, 11) is 1.67. The lowest BCUT2D eigenvalue weighted by Gasteiger charge is -2.12. The molecule has 0 atom stereocenters. The van der Waals surface area contributed by atoms with Crippen molar-refractivity contribution in [2.24, 2.45) is 0 Å². The van der Waals surface area contributed by atoms with E-state index in [0.717, 1.165) is 40.0 Å². The Morgan fingerprint density at radius 2 is 2.20 bits per heavy atom. The topological polar surface area (TPSA) is 43.4 Å². The molecule has 1 aromatic carbocycles. The quantitative estimate of drug-likeness (QED) is 0.851. The Morgan fingerprint density at radius 1 is 1.35 bits per heavy atom. The van der Waals surface area contributed by atoms with Crippen LogP contribution in [0, 0.1) is 6.92 Å². The summed E-state index contributed by atoms with van der Waals surface area (Å²) in [6.45, 7) is 6.32. The number of aromatic nitrogens is 1. The number of nitrogens with one attached hydrogen (secondary N) is 1. The fourth-order valence-electron chi connectivity index (χ4n) is 1.84. The van der Waals surface area contributed by atoms with E-state index in [-0.39, 0.29) is 0 Å². The van der Waals surface area contributed by atoms with Crippen molar-refractivity contribution in [3.8, 4) is 11.5 Å². The van der Waals surface area contributed by atoms with Gasteiger partial charge in [-0.3, -0.25) is 0 Å². The second-order valence-electron chi connectivity index (χ2n) is 4.39. The van der Waals surface area contributed by atoms with Gasteiger partial charge < -0.3 is 14.8 Å². The van der Waals surface area contributed by atoms with Crippen LogP contribution in [0.15, 0.2) is 24.4 Å². The maximum atomic E-state index is 5.91. The van der Waals surface area contributed by atoms with Crippen LogP contribution >= 0.6 is 11.3 Å². The highest BCUT2D eigenvalue weighted by molar-refractivity contribution is 7.11. The van der Waals surface area contributed by atoms with Crippen molar-refractivity contribution >= 4 is 11.3 Å². The zero-order valence-electron chi connectivity index (χ0n) is 12.1. The minimum Gasteiger partial charge on any atom is -0.497 e. The Morgan fingerprint density at radius 3 is 2.85 bits per heavy atom. The van der Waals surface area contributed by atoms with Gasteiger partial charge in [-0.1, -0.05) is 6.92 Å². The largest absolute Gasteiger partial charge is 0.497 e. The molecule has 0 saturated carbocycles. The molecule has 0 amide bonds. The predicted molar refractivity (Wildman–Crippen MR) is 81.6 cm³/mol. The molecule has 0 radical (unpaired) electrons. The molecule has 0 fully saturated rings. The van der Waals surface area contributed by atoms with Crippen molar-refractivity contribution in [2.75, 3.05) is 13.7 Å². The summed E-state index contributed by atoms with van der Waals surface area (Å²) in [4.78, 5) is 5.37. The van der Waals surface area contributed by atoms with Crippen LogP contribution in [0.5, 0.6) is 11.5 Å². The standard InChI is InChI=1S/C15H20N2O2S/c1-4-16-8-12-7-13(18-3)5-6-15(12)19-10-14-9-17-11(2)20-14/h5-7,9,16H,4,8,10H2,1-3H3. The van der Waals surface area contributed by atoms with Gasteiger partial charge in [-0.25, -0.2) is 4.98 Å². The van der Waals surface area contributed by atoms with Gasteiger partial charge in [0, 0.05) is 18.3 Å². The van der Waals surface area contributed by atoms with E-state index in [1.165, 1.54) is 0 Å². The van der Waals surface area contributed by atoms with E-state index in [4.69, 9.17) is 9.47 Å². The first kappa shape index (κ1) is 14.8. The third-order valence-corrected chi connectivity index (χ3v) is 3.76. The third kappa shape index (κ3) is 3.95. The second kappa shape index (κ2) is 7.26. The van der Waals surface area contributed by atoms with E-state index in [1.54, 1.807) is 18.4 Å². The summed E-state index contributed by atoms with van der Waals surface area (Å²) in [6.07, 6.45) is 1.87. The number of hydrogen-bond acceptors (Lipinski definition) is 5. The molecule has 5 heteroatoms. The molecule has 20 heavy (non-hydrogen) atoms. The summed E-state index contributed by atoms with van der Waals surface area (Å²) in [6, 6.07) is 5.89. The lowest BCUT2D eigenvalue weighted by atomic mass is 10.2. The highest BCUT2D eigenvalue weighted by Crippen LogP contribution is 2.25. The van der Waals surface area contributed by atoms with Gasteiger partial charge in [0.1, 0.15) is 18.1 Å². The monoisotopic (exact) mass is 292 g/mol. The number of rotatable bonds is 7. The van der Waals surface area contributed by atoms with Gasteiger partial charge in [0.15, 0.2) is 0 Å². The summed E-state index contributed by atoms with van der Waals surface area (Å²) < 4.78 is 11.2. The predicted octanol–water partition coefficient (Wildman–Crippen LogP) is 3.15.